The van der Waals surface area contributed by atoms with Crippen LogP contribution in [0.2, 0.25) is 0 Å². The van der Waals surface area contributed by atoms with Crippen molar-refractivity contribution in [1.29, 1.82) is 0 Å². The molecule has 9 rings (SSSR count). The predicted molar refractivity (Wildman–Crippen MR) is 207 cm³/mol. The highest BCUT2D eigenvalue weighted by Crippen LogP contribution is 2.37. The van der Waals surface area contributed by atoms with Crippen LogP contribution in [-0.4, -0.2) is 15.0 Å². The fraction of sp³-hybridized carbons (Fsp3) is 0. The lowest BCUT2D eigenvalue weighted by Crippen LogP contribution is -2.00. The van der Waals surface area contributed by atoms with Gasteiger partial charge in [-0.05, 0) is 67.1 Å². The Morgan fingerprint density at radius 2 is 0.720 bits per heavy atom. The highest BCUT2D eigenvalue weighted by atomic mass is 15.0. The van der Waals surface area contributed by atoms with Gasteiger partial charge in [0.05, 0.1) is 0 Å². The first-order chi connectivity index (χ1) is 24.8. The summed E-state index contributed by atoms with van der Waals surface area (Å²) in [4.78, 5) is 15.1. The molecule has 3 nitrogen and oxygen atoms in total. The number of fused-ring (bicyclic) bond motifs is 3. The molecule has 0 radical (unpaired) electrons. The monoisotopic (exact) mass is 637 g/mol. The van der Waals surface area contributed by atoms with Gasteiger partial charge in [0.25, 0.3) is 0 Å². The van der Waals surface area contributed by atoms with Gasteiger partial charge >= 0.3 is 0 Å². The first-order valence-electron chi connectivity index (χ1n) is 16.9. The van der Waals surface area contributed by atoms with Gasteiger partial charge in [0.1, 0.15) is 0 Å². The van der Waals surface area contributed by atoms with Crippen molar-refractivity contribution >= 4 is 21.5 Å². The number of hydrogen-bond donors (Lipinski definition) is 0. The second-order valence-corrected chi connectivity index (χ2v) is 12.5. The fourth-order valence-corrected chi connectivity index (χ4v) is 6.79. The molecule has 0 unspecified atom stereocenters. The number of nitrogens with zero attached hydrogens (tertiary/aromatic N) is 3. The Bertz CT molecular complexity index is 2610. The van der Waals surface area contributed by atoms with Crippen LogP contribution in [0, 0.1) is 0 Å². The van der Waals surface area contributed by atoms with E-state index in [1.807, 2.05) is 36.4 Å². The van der Waals surface area contributed by atoms with Crippen molar-refractivity contribution in [3.63, 3.8) is 0 Å². The summed E-state index contributed by atoms with van der Waals surface area (Å²) in [6.45, 7) is 0. The molecule has 0 atom stereocenters. The summed E-state index contributed by atoms with van der Waals surface area (Å²) < 4.78 is 0. The molecule has 0 fully saturated rings. The average molecular weight is 638 g/mol. The van der Waals surface area contributed by atoms with Gasteiger partial charge in [-0.15, -0.1) is 0 Å². The molecule has 234 valence electrons. The molecule has 50 heavy (non-hydrogen) atoms. The average Bonchev–Trinajstić information content (AvgIpc) is 3.21. The van der Waals surface area contributed by atoms with Crippen LogP contribution in [0.15, 0.2) is 188 Å². The third-order valence-electron chi connectivity index (χ3n) is 9.32. The van der Waals surface area contributed by atoms with Crippen molar-refractivity contribution in [3.05, 3.63) is 188 Å². The third-order valence-corrected chi connectivity index (χ3v) is 9.32. The van der Waals surface area contributed by atoms with E-state index >= 15 is 0 Å². The van der Waals surface area contributed by atoms with E-state index in [1.165, 1.54) is 43.8 Å². The van der Waals surface area contributed by atoms with E-state index < -0.39 is 0 Å². The Hall–Kier alpha value is -6.71. The molecule has 0 aliphatic carbocycles. The van der Waals surface area contributed by atoms with E-state index in [0.29, 0.717) is 17.5 Å². The second-order valence-electron chi connectivity index (χ2n) is 12.5. The topological polar surface area (TPSA) is 38.7 Å². The Labute approximate surface area is 291 Å². The quantitative estimate of drug-likeness (QED) is 0.170. The van der Waals surface area contributed by atoms with Crippen molar-refractivity contribution in [1.82, 2.24) is 15.0 Å². The van der Waals surface area contributed by atoms with Gasteiger partial charge in [-0.25, -0.2) is 15.0 Å². The Morgan fingerprint density at radius 3 is 1.40 bits per heavy atom. The maximum atomic E-state index is 5.07. The van der Waals surface area contributed by atoms with E-state index in [2.05, 4.69) is 152 Å². The fourth-order valence-electron chi connectivity index (χ4n) is 6.79. The van der Waals surface area contributed by atoms with Crippen LogP contribution in [0.4, 0.5) is 0 Å². The van der Waals surface area contributed by atoms with E-state index in [1.54, 1.807) is 0 Å². The molecule has 1 aromatic heterocycles. The lowest BCUT2D eigenvalue weighted by atomic mass is 9.91. The normalized spacial score (nSPS) is 11.2. The van der Waals surface area contributed by atoms with E-state index in [4.69, 9.17) is 15.0 Å². The van der Waals surface area contributed by atoms with Crippen molar-refractivity contribution in [3.8, 4) is 67.5 Å². The summed E-state index contributed by atoms with van der Waals surface area (Å²) in [7, 11) is 0. The second kappa shape index (κ2) is 12.7. The minimum absolute atomic E-state index is 0.639. The van der Waals surface area contributed by atoms with Crippen LogP contribution in [0.3, 0.4) is 0 Å². The van der Waals surface area contributed by atoms with Crippen LogP contribution in [-0.2, 0) is 0 Å². The first-order valence-corrected chi connectivity index (χ1v) is 16.9. The molecule has 1 heterocycles. The van der Waals surface area contributed by atoms with Crippen LogP contribution < -0.4 is 0 Å². The molecular formula is C47H31N3. The standard InChI is InChI=1S/C47H31N3/c1-4-12-32(13-5-1)34-22-25-37(26-23-34)46-48-45(36-16-8-3-9-17-36)49-47(50-46)41-20-10-19-39(31-41)42-21-11-18-35-24-27-40-30-38(28-29-43(40)44(35)42)33-14-6-2-7-15-33/h1-31H. The van der Waals surface area contributed by atoms with Gasteiger partial charge in [0.15, 0.2) is 17.5 Å². The molecule has 0 aliphatic heterocycles. The lowest BCUT2D eigenvalue weighted by molar-refractivity contribution is 1.07. The summed E-state index contributed by atoms with van der Waals surface area (Å²) in [6, 6.07) is 65.9. The minimum atomic E-state index is 0.639. The Kier molecular flexibility index (Phi) is 7.49. The van der Waals surface area contributed by atoms with Crippen molar-refractivity contribution < 1.29 is 0 Å². The number of benzene rings is 8. The minimum Gasteiger partial charge on any atom is -0.208 e. The van der Waals surface area contributed by atoms with Crippen LogP contribution in [0.5, 0.6) is 0 Å². The Balaban J connectivity index is 1.16. The third kappa shape index (κ3) is 5.61. The molecule has 0 saturated heterocycles. The Morgan fingerprint density at radius 1 is 0.260 bits per heavy atom. The summed E-state index contributed by atoms with van der Waals surface area (Å²) >= 11 is 0. The molecular weight excluding hydrogens is 607 g/mol. The number of aromatic nitrogens is 3. The maximum Gasteiger partial charge on any atom is 0.164 e. The molecule has 3 heteroatoms. The molecule has 0 amide bonds. The highest BCUT2D eigenvalue weighted by molar-refractivity contribution is 6.15. The molecule has 9 aromatic rings. The van der Waals surface area contributed by atoms with E-state index in [0.717, 1.165) is 27.8 Å². The van der Waals surface area contributed by atoms with Gasteiger partial charge in [0.2, 0.25) is 0 Å². The molecule has 0 spiro atoms. The van der Waals surface area contributed by atoms with E-state index in [9.17, 15) is 0 Å². The molecule has 0 N–H and O–H groups in total. The van der Waals surface area contributed by atoms with Crippen molar-refractivity contribution in [2.45, 2.75) is 0 Å². The first kappa shape index (κ1) is 29.4. The van der Waals surface area contributed by atoms with Crippen molar-refractivity contribution in [2.24, 2.45) is 0 Å². The number of hydrogen-bond acceptors (Lipinski definition) is 3. The summed E-state index contributed by atoms with van der Waals surface area (Å²) in [6.07, 6.45) is 0. The van der Waals surface area contributed by atoms with Gasteiger partial charge < -0.3 is 0 Å². The van der Waals surface area contributed by atoms with Crippen molar-refractivity contribution in [2.75, 3.05) is 0 Å². The largest absolute Gasteiger partial charge is 0.208 e. The van der Waals surface area contributed by atoms with Gasteiger partial charge in [-0.1, -0.05) is 176 Å². The van der Waals surface area contributed by atoms with Gasteiger partial charge in [-0.2, -0.15) is 0 Å². The van der Waals surface area contributed by atoms with E-state index in [-0.39, 0.29) is 0 Å². The zero-order chi connectivity index (χ0) is 33.3. The number of rotatable bonds is 6. The van der Waals surface area contributed by atoms with Crippen LogP contribution in [0.1, 0.15) is 0 Å². The van der Waals surface area contributed by atoms with Crippen LogP contribution >= 0.6 is 0 Å². The maximum absolute atomic E-state index is 5.07. The summed E-state index contributed by atoms with van der Waals surface area (Å²) in [5.74, 6) is 1.93. The van der Waals surface area contributed by atoms with Crippen LogP contribution in [0.25, 0.3) is 89.1 Å². The molecule has 0 saturated carbocycles. The summed E-state index contributed by atoms with van der Waals surface area (Å²) in [5, 5.41) is 4.90. The smallest absolute Gasteiger partial charge is 0.164 e. The molecule has 0 bridgehead atoms. The highest BCUT2D eigenvalue weighted by Gasteiger charge is 2.15. The summed E-state index contributed by atoms with van der Waals surface area (Å²) in [5.41, 5.74) is 9.88. The molecule has 8 aromatic carbocycles. The lowest BCUT2D eigenvalue weighted by Gasteiger charge is -2.13. The zero-order valence-corrected chi connectivity index (χ0v) is 27.2. The van der Waals surface area contributed by atoms with Gasteiger partial charge in [0, 0.05) is 16.7 Å². The van der Waals surface area contributed by atoms with Gasteiger partial charge in [-0.3, -0.25) is 0 Å². The predicted octanol–water partition coefficient (Wildman–Crippen LogP) is 12.2. The molecule has 0 aliphatic rings. The zero-order valence-electron chi connectivity index (χ0n) is 27.2. The SMILES string of the molecule is c1ccc(-c2ccc(-c3nc(-c4ccccc4)nc(-c4cccc(-c5cccc6ccc7cc(-c8ccccc8)ccc7c56)c4)n3)cc2)cc1.